The predicted molar refractivity (Wildman–Crippen MR) is 116 cm³/mol. The summed E-state index contributed by atoms with van der Waals surface area (Å²) in [7, 11) is -2.66. The molecule has 0 amide bonds. The van der Waals surface area contributed by atoms with Crippen LogP contribution in [-0.2, 0) is 10.1 Å². The van der Waals surface area contributed by atoms with E-state index in [4.69, 9.17) is 32.1 Å². The zero-order valence-corrected chi connectivity index (χ0v) is 17.9. The average Bonchev–Trinajstić information content (AvgIpc) is 2.71. The molecule has 0 aliphatic rings. The molecule has 3 aromatic carbocycles. The molecule has 0 saturated carbocycles. The molecule has 0 fully saturated rings. The van der Waals surface area contributed by atoms with Crippen LogP contribution in [0.1, 0.15) is 11.1 Å². The molecular formula is C21H17Cl2NO4S. The summed E-state index contributed by atoms with van der Waals surface area (Å²) < 4.78 is 35.6. The summed E-state index contributed by atoms with van der Waals surface area (Å²) in [5.41, 5.74) is 2.27. The fraction of sp³-hybridized carbons (Fsp3) is 0.0952. The van der Waals surface area contributed by atoms with Gasteiger partial charge in [-0.3, -0.25) is 4.99 Å². The van der Waals surface area contributed by atoms with E-state index in [1.54, 1.807) is 48.7 Å². The molecule has 0 aliphatic carbocycles. The number of hydrogen-bond acceptors (Lipinski definition) is 5. The summed E-state index contributed by atoms with van der Waals surface area (Å²) >= 11 is 12.3. The maximum absolute atomic E-state index is 12.5. The second-order valence-electron chi connectivity index (χ2n) is 6.07. The Balaban J connectivity index is 1.94. The lowest BCUT2D eigenvalue weighted by molar-refractivity contribution is 0.390. The number of methoxy groups -OCH3 is 1. The molecule has 3 aromatic rings. The van der Waals surface area contributed by atoms with Crippen molar-refractivity contribution in [3.63, 3.8) is 0 Å². The lowest BCUT2D eigenvalue weighted by atomic mass is 10.2. The van der Waals surface area contributed by atoms with Gasteiger partial charge in [-0.15, -0.1) is 0 Å². The number of hydrogen-bond donors (Lipinski definition) is 0. The summed E-state index contributed by atoms with van der Waals surface area (Å²) in [6.07, 6.45) is 1.59. The van der Waals surface area contributed by atoms with Crippen molar-refractivity contribution in [2.45, 2.75) is 11.8 Å². The minimum atomic E-state index is -4.06. The molecule has 0 bridgehead atoms. The van der Waals surface area contributed by atoms with Gasteiger partial charge in [0.1, 0.15) is 4.90 Å². The first-order valence-corrected chi connectivity index (χ1v) is 10.6. The van der Waals surface area contributed by atoms with Gasteiger partial charge in [-0.2, -0.15) is 8.42 Å². The Bertz CT molecular complexity index is 1160. The molecule has 29 heavy (non-hydrogen) atoms. The van der Waals surface area contributed by atoms with Crippen LogP contribution in [0.3, 0.4) is 0 Å². The highest BCUT2D eigenvalue weighted by Crippen LogP contribution is 2.38. The topological polar surface area (TPSA) is 65.0 Å². The SMILES string of the molecule is COc1cc(C=Nc2cc(Cl)ccc2C)cc(Cl)c1OS(=O)(=O)c1ccccc1. The fourth-order valence-electron chi connectivity index (χ4n) is 2.51. The standard InChI is InChI=1S/C21H17Cl2NO4S/c1-14-8-9-16(22)12-19(14)24-13-15-10-18(23)21(20(11-15)27-2)28-29(25,26)17-6-4-3-5-7-17/h3-13H,1-2H3. The molecular weight excluding hydrogens is 433 g/mol. The van der Waals surface area contributed by atoms with Crippen LogP contribution in [0.25, 0.3) is 0 Å². The van der Waals surface area contributed by atoms with Crippen molar-refractivity contribution in [1.82, 2.24) is 0 Å². The van der Waals surface area contributed by atoms with Crippen molar-refractivity contribution in [1.29, 1.82) is 0 Å². The van der Waals surface area contributed by atoms with E-state index in [-0.39, 0.29) is 21.4 Å². The van der Waals surface area contributed by atoms with E-state index in [0.717, 1.165) is 5.56 Å². The fourth-order valence-corrected chi connectivity index (χ4v) is 3.95. The maximum Gasteiger partial charge on any atom is 0.339 e. The summed E-state index contributed by atoms with van der Waals surface area (Å²) in [6, 6.07) is 16.3. The summed E-state index contributed by atoms with van der Waals surface area (Å²) in [4.78, 5) is 4.44. The first-order valence-electron chi connectivity index (χ1n) is 8.47. The van der Waals surface area contributed by atoms with E-state index in [0.29, 0.717) is 16.3 Å². The van der Waals surface area contributed by atoms with Crippen molar-refractivity contribution >= 4 is 45.2 Å². The van der Waals surface area contributed by atoms with Crippen molar-refractivity contribution < 1.29 is 17.3 Å². The van der Waals surface area contributed by atoms with Crippen LogP contribution in [0.5, 0.6) is 11.5 Å². The zero-order chi connectivity index (χ0) is 21.0. The third kappa shape index (κ3) is 5.09. The first-order chi connectivity index (χ1) is 13.8. The number of nitrogens with zero attached hydrogens (tertiary/aromatic N) is 1. The van der Waals surface area contributed by atoms with E-state index in [9.17, 15) is 8.42 Å². The van der Waals surface area contributed by atoms with Gasteiger partial charge in [0.25, 0.3) is 0 Å². The minimum absolute atomic E-state index is 0.0141. The Kier molecular flexibility index (Phi) is 6.47. The molecule has 0 aromatic heterocycles. The molecule has 0 heterocycles. The van der Waals surface area contributed by atoms with Gasteiger partial charge in [-0.05, 0) is 54.4 Å². The van der Waals surface area contributed by atoms with Gasteiger partial charge in [-0.1, -0.05) is 47.5 Å². The Hall–Kier alpha value is -2.54. The van der Waals surface area contributed by atoms with Crippen molar-refractivity contribution in [2.24, 2.45) is 4.99 Å². The van der Waals surface area contributed by atoms with E-state index in [2.05, 4.69) is 4.99 Å². The third-order valence-corrected chi connectivity index (χ3v) is 5.75. The Morgan fingerprint density at radius 3 is 2.41 bits per heavy atom. The lowest BCUT2D eigenvalue weighted by Gasteiger charge is -2.13. The van der Waals surface area contributed by atoms with Gasteiger partial charge in [0.05, 0.1) is 17.8 Å². The molecule has 3 rings (SSSR count). The van der Waals surface area contributed by atoms with E-state index in [1.165, 1.54) is 19.2 Å². The van der Waals surface area contributed by atoms with Crippen LogP contribution in [0, 0.1) is 6.92 Å². The monoisotopic (exact) mass is 449 g/mol. The van der Waals surface area contributed by atoms with Crippen LogP contribution in [-0.4, -0.2) is 21.7 Å². The van der Waals surface area contributed by atoms with Gasteiger partial charge >= 0.3 is 10.1 Å². The molecule has 0 atom stereocenters. The largest absolute Gasteiger partial charge is 0.493 e. The normalized spacial score (nSPS) is 11.6. The van der Waals surface area contributed by atoms with Crippen molar-refractivity contribution in [3.8, 4) is 11.5 Å². The van der Waals surface area contributed by atoms with Crippen LogP contribution < -0.4 is 8.92 Å². The average molecular weight is 450 g/mol. The lowest BCUT2D eigenvalue weighted by Crippen LogP contribution is -2.11. The van der Waals surface area contributed by atoms with E-state index in [1.807, 2.05) is 13.0 Å². The zero-order valence-electron chi connectivity index (χ0n) is 15.6. The summed E-state index contributed by atoms with van der Waals surface area (Å²) in [5, 5.41) is 0.654. The smallest absolute Gasteiger partial charge is 0.339 e. The minimum Gasteiger partial charge on any atom is -0.493 e. The van der Waals surface area contributed by atoms with Crippen LogP contribution >= 0.6 is 23.2 Å². The van der Waals surface area contributed by atoms with Crippen LogP contribution in [0.2, 0.25) is 10.0 Å². The van der Waals surface area contributed by atoms with Gasteiger partial charge in [0.2, 0.25) is 5.75 Å². The highest BCUT2D eigenvalue weighted by molar-refractivity contribution is 7.87. The van der Waals surface area contributed by atoms with E-state index >= 15 is 0 Å². The van der Waals surface area contributed by atoms with Crippen LogP contribution in [0.4, 0.5) is 5.69 Å². The van der Waals surface area contributed by atoms with Gasteiger partial charge in [0, 0.05) is 11.2 Å². The van der Waals surface area contributed by atoms with Gasteiger partial charge in [0.15, 0.2) is 5.75 Å². The van der Waals surface area contributed by atoms with Crippen molar-refractivity contribution in [2.75, 3.05) is 7.11 Å². The molecule has 150 valence electrons. The number of halogens is 2. The Labute approximate surface area is 179 Å². The van der Waals surface area contributed by atoms with Gasteiger partial charge < -0.3 is 8.92 Å². The second-order valence-corrected chi connectivity index (χ2v) is 8.46. The molecule has 0 aliphatic heterocycles. The number of aryl methyl sites for hydroxylation is 1. The third-order valence-electron chi connectivity index (χ3n) is 4.00. The molecule has 0 N–H and O–H groups in total. The predicted octanol–water partition coefficient (Wildman–Crippen LogP) is 5.83. The molecule has 0 spiro atoms. The highest BCUT2D eigenvalue weighted by Gasteiger charge is 2.21. The van der Waals surface area contributed by atoms with Crippen molar-refractivity contribution in [3.05, 3.63) is 81.8 Å². The summed E-state index contributed by atoms with van der Waals surface area (Å²) in [5.74, 6) is 0.0791. The highest BCUT2D eigenvalue weighted by atomic mass is 35.5. The first kappa shape index (κ1) is 21.2. The summed E-state index contributed by atoms with van der Waals surface area (Å²) in [6.45, 7) is 1.92. The quantitative estimate of drug-likeness (QED) is 0.350. The number of ether oxygens (including phenoxy) is 1. The number of aliphatic imine (C=N–C) groups is 1. The molecule has 0 radical (unpaired) electrons. The number of benzene rings is 3. The molecule has 5 nitrogen and oxygen atoms in total. The maximum atomic E-state index is 12.5. The Morgan fingerprint density at radius 2 is 1.72 bits per heavy atom. The second kappa shape index (κ2) is 8.86. The molecule has 8 heteroatoms. The van der Waals surface area contributed by atoms with Crippen LogP contribution in [0.15, 0.2) is 70.6 Å². The Morgan fingerprint density at radius 1 is 1.00 bits per heavy atom. The molecule has 0 saturated heterocycles. The number of rotatable bonds is 6. The van der Waals surface area contributed by atoms with Gasteiger partial charge in [-0.25, -0.2) is 0 Å². The molecule has 0 unspecified atom stereocenters. The van der Waals surface area contributed by atoms with E-state index < -0.39 is 10.1 Å².